The van der Waals surface area contributed by atoms with Crippen LogP contribution in [0.4, 0.5) is 0 Å². The van der Waals surface area contributed by atoms with Gasteiger partial charge in [0.15, 0.2) is 5.11 Å². The van der Waals surface area contributed by atoms with E-state index in [0.717, 1.165) is 5.56 Å². The maximum Gasteiger partial charge on any atom is 0.184 e. The van der Waals surface area contributed by atoms with Gasteiger partial charge in [0.25, 0.3) is 0 Å². The molecule has 0 amide bonds. The number of nitrogens with one attached hydrogen (secondary N) is 1. The van der Waals surface area contributed by atoms with Crippen molar-refractivity contribution in [2.45, 2.75) is 0 Å². The van der Waals surface area contributed by atoms with Crippen molar-refractivity contribution in [3.63, 3.8) is 0 Å². The Morgan fingerprint density at radius 2 is 2.20 bits per heavy atom. The molecule has 3 nitrogen and oxygen atoms in total. The molecule has 0 unspecified atom stereocenters. The predicted octanol–water partition coefficient (Wildman–Crippen LogP) is 2.17. The fraction of sp³-hybridized carbons (Fsp3) is 0. The van der Waals surface area contributed by atoms with Crippen molar-refractivity contribution in [2.24, 2.45) is 10.8 Å². The largest absolute Gasteiger partial charge is 0.375 e. The van der Waals surface area contributed by atoms with Crippen LogP contribution in [0.15, 0.2) is 35.4 Å². The fourth-order valence-electron chi connectivity index (χ4n) is 0.901. The first-order valence-corrected chi connectivity index (χ1v) is 4.98. The maximum absolute atomic E-state index is 5.94. The molecule has 0 aromatic heterocycles. The number of allylic oxidation sites excluding steroid dienone is 1. The van der Waals surface area contributed by atoms with Crippen molar-refractivity contribution in [3.8, 4) is 0 Å². The van der Waals surface area contributed by atoms with Crippen molar-refractivity contribution in [1.82, 2.24) is 5.43 Å². The SMILES string of the molecule is NC(=S)NN=CC=Cc1ccccc1Cl. The van der Waals surface area contributed by atoms with Crippen LogP contribution in [0.2, 0.25) is 5.02 Å². The molecule has 1 aromatic carbocycles. The molecule has 0 atom stereocenters. The summed E-state index contributed by atoms with van der Waals surface area (Å²) in [6, 6.07) is 7.53. The van der Waals surface area contributed by atoms with Gasteiger partial charge in [0.05, 0.1) is 0 Å². The lowest BCUT2D eigenvalue weighted by Crippen LogP contribution is -2.23. The lowest BCUT2D eigenvalue weighted by Gasteiger charge is -1.94. The van der Waals surface area contributed by atoms with Crippen LogP contribution in [0.1, 0.15) is 5.56 Å². The molecule has 0 saturated heterocycles. The number of nitrogens with two attached hydrogens (primary N) is 1. The summed E-state index contributed by atoms with van der Waals surface area (Å²) in [4.78, 5) is 0. The van der Waals surface area contributed by atoms with Gasteiger partial charge in [-0.25, -0.2) is 0 Å². The van der Waals surface area contributed by atoms with E-state index in [1.807, 2.05) is 30.3 Å². The maximum atomic E-state index is 5.94. The van der Waals surface area contributed by atoms with Crippen molar-refractivity contribution in [2.75, 3.05) is 0 Å². The average molecular weight is 240 g/mol. The molecular formula is C10H10ClN3S. The molecule has 0 spiro atoms. The Bertz CT molecular complexity index is 401. The van der Waals surface area contributed by atoms with Crippen LogP contribution in [0.3, 0.4) is 0 Å². The van der Waals surface area contributed by atoms with Gasteiger partial charge in [-0.3, -0.25) is 5.43 Å². The summed E-state index contributed by atoms with van der Waals surface area (Å²) in [5.41, 5.74) is 8.54. The third-order valence-electron chi connectivity index (χ3n) is 1.52. The third-order valence-corrected chi connectivity index (χ3v) is 1.95. The van der Waals surface area contributed by atoms with E-state index in [1.165, 1.54) is 0 Å². The highest BCUT2D eigenvalue weighted by Crippen LogP contribution is 2.15. The van der Waals surface area contributed by atoms with Gasteiger partial charge < -0.3 is 5.73 Å². The number of nitrogens with zero attached hydrogens (tertiary/aromatic N) is 1. The first-order chi connectivity index (χ1) is 7.20. The van der Waals surface area contributed by atoms with Crippen LogP contribution < -0.4 is 11.2 Å². The van der Waals surface area contributed by atoms with E-state index in [9.17, 15) is 0 Å². The van der Waals surface area contributed by atoms with Gasteiger partial charge in [-0.15, -0.1) is 0 Å². The quantitative estimate of drug-likeness (QED) is 0.483. The van der Waals surface area contributed by atoms with Crippen molar-refractivity contribution in [1.29, 1.82) is 0 Å². The Hall–Kier alpha value is -1.39. The van der Waals surface area contributed by atoms with Gasteiger partial charge in [-0.1, -0.05) is 35.9 Å². The molecule has 1 rings (SSSR count). The molecule has 78 valence electrons. The zero-order chi connectivity index (χ0) is 11.1. The molecule has 0 aliphatic heterocycles. The fourth-order valence-corrected chi connectivity index (χ4v) is 1.15. The molecule has 0 aliphatic carbocycles. The Labute approximate surface area is 98.6 Å². The Kier molecular flexibility index (Phi) is 4.80. The summed E-state index contributed by atoms with van der Waals surface area (Å²) in [7, 11) is 0. The molecule has 3 N–H and O–H groups in total. The molecule has 0 saturated carbocycles. The summed E-state index contributed by atoms with van der Waals surface area (Å²) in [5.74, 6) is 0. The smallest absolute Gasteiger partial charge is 0.184 e. The summed E-state index contributed by atoms with van der Waals surface area (Å²) in [6.07, 6.45) is 5.13. The van der Waals surface area contributed by atoms with Gasteiger partial charge in [-0.2, -0.15) is 5.10 Å². The number of benzene rings is 1. The normalized spacial score (nSPS) is 11.0. The highest BCUT2D eigenvalue weighted by Gasteiger charge is 1.91. The topological polar surface area (TPSA) is 50.4 Å². The van der Waals surface area contributed by atoms with Crippen molar-refractivity contribution < 1.29 is 0 Å². The summed E-state index contributed by atoms with van der Waals surface area (Å²) >= 11 is 10.5. The first kappa shape index (κ1) is 11.7. The molecular weight excluding hydrogens is 230 g/mol. The standard InChI is InChI=1S/C10H10ClN3S/c11-9-6-2-1-4-8(9)5-3-7-13-14-10(12)15/h1-7H,(H3,12,14,15). The third kappa shape index (κ3) is 4.58. The number of thiocarbonyl (C=S) groups is 1. The zero-order valence-electron chi connectivity index (χ0n) is 7.85. The van der Waals surface area contributed by atoms with E-state index in [4.69, 9.17) is 17.3 Å². The summed E-state index contributed by atoms with van der Waals surface area (Å²) in [5, 5.41) is 4.58. The Balaban J connectivity index is 2.55. The van der Waals surface area contributed by atoms with E-state index >= 15 is 0 Å². The summed E-state index contributed by atoms with van der Waals surface area (Å²) in [6.45, 7) is 0. The first-order valence-electron chi connectivity index (χ1n) is 4.20. The van der Waals surface area contributed by atoms with Crippen LogP contribution in [0.25, 0.3) is 6.08 Å². The average Bonchev–Trinajstić information content (AvgIpc) is 2.20. The Morgan fingerprint density at radius 3 is 2.87 bits per heavy atom. The van der Waals surface area contributed by atoms with Crippen LogP contribution in [0.5, 0.6) is 0 Å². The molecule has 1 aromatic rings. The molecule has 5 heteroatoms. The number of halogens is 1. The van der Waals surface area contributed by atoms with Gasteiger partial charge in [-0.05, 0) is 29.9 Å². The van der Waals surface area contributed by atoms with Crippen LogP contribution in [-0.4, -0.2) is 11.3 Å². The number of rotatable bonds is 3. The van der Waals surface area contributed by atoms with E-state index in [1.54, 1.807) is 12.3 Å². The number of hydrogen-bond acceptors (Lipinski definition) is 2. The monoisotopic (exact) mass is 239 g/mol. The summed E-state index contributed by atoms with van der Waals surface area (Å²) < 4.78 is 0. The van der Waals surface area contributed by atoms with Gasteiger partial charge in [0, 0.05) is 11.2 Å². The molecule has 0 aliphatic rings. The van der Waals surface area contributed by atoms with Crippen LogP contribution in [0, 0.1) is 0 Å². The molecule has 15 heavy (non-hydrogen) atoms. The van der Waals surface area contributed by atoms with E-state index < -0.39 is 0 Å². The zero-order valence-corrected chi connectivity index (χ0v) is 9.42. The number of hydrogen-bond donors (Lipinski definition) is 2. The minimum absolute atomic E-state index is 0.136. The van der Waals surface area contributed by atoms with E-state index in [2.05, 4.69) is 22.7 Å². The predicted molar refractivity (Wildman–Crippen MR) is 68.9 cm³/mol. The van der Waals surface area contributed by atoms with Crippen molar-refractivity contribution >= 4 is 41.2 Å². The second-order valence-electron chi connectivity index (χ2n) is 2.63. The molecule has 0 fully saturated rings. The number of hydrazone groups is 1. The lowest BCUT2D eigenvalue weighted by atomic mass is 10.2. The Morgan fingerprint density at radius 1 is 1.47 bits per heavy atom. The van der Waals surface area contributed by atoms with Crippen LogP contribution >= 0.6 is 23.8 Å². The van der Waals surface area contributed by atoms with Crippen molar-refractivity contribution in [3.05, 3.63) is 40.9 Å². The highest BCUT2D eigenvalue weighted by molar-refractivity contribution is 7.80. The van der Waals surface area contributed by atoms with E-state index in [0.29, 0.717) is 5.02 Å². The molecule has 0 bridgehead atoms. The molecule has 0 heterocycles. The second kappa shape index (κ2) is 6.16. The van der Waals surface area contributed by atoms with Gasteiger partial charge in [0.2, 0.25) is 0 Å². The van der Waals surface area contributed by atoms with Gasteiger partial charge >= 0.3 is 0 Å². The minimum Gasteiger partial charge on any atom is -0.375 e. The van der Waals surface area contributed by atoms with Crippen LogP contribution in [-0.2, 0) is 0 Å². The highest BCUT2D eigenvalue weighted by atomic mass is 35.5. The van der Waals surface area contributed by atoms with E-state index in [-0.39, 0.29) is 5.11 Å². The van der Waals surface area contributed by atoms with Gasteiger partial charge in [0.1, 0.15) is 0 Å². The lowest BCUT2D eigenvalue weighted by molar-refractivity contribution is 1.04. The minimum atomic E-state index is 0.136. The molecule has 0 radical (unpaired) electrons. The second-order valence-corrected chi connectivity index (χ2v) is 3.48.